The fourth-order valence-corrected chi connectivity index (χ4v) is 5.25. The monoisotopic (exact) mass is 380 g/mol. The zero-order valence-corrected chi connectivity index (χ0v) is 14.9. The Bertz CT molecular complexity index is 750. The highest BCUT2D eigenvalue weighted by molar-refractivity contribution is 7.89. The van der Waals surface area contributed by atoms with Gasteiger partial charge in [-0.3, -0.25) is 0 Å². The van der Waals surface area contributed by atoms with Crippen LogP contribution in [-0.4, -0.2) is 59.2 Å². The van der Waals surface area contributed by atoms with E-state index in [-0.39, 0.29) is 30.6 Å². The van der Waals surface area contributed by atoms with E-state index in [2.05, 4.69) is 4.72 Å². The molecular formula is C14H21FN2O5S2. The molecule has 1 aliphatic heterocycles. The number of hydrogen-bond acceptors (Lipinski definition) is 5. The van der Waals surface area contributed by atoms with E-state index in [9.17, 15) is 21.2 Å². The van der Waals surface area contributed by atoms with E-state index in [1.54, 1.807) is 6.92 Å². The summed E-state index contributed by atoms with van der Waals surface area (Å²) >= 11 is 0. The van der Waals surface area contributed by atoms with E-state index in [0.29, 0.717) is 18.8 Å². The Hall–Kier alpha value is -1.07. The molecule has 2 rings (SSSR count). The highest BCUT2D eigenvalue weighted by Gasteiger charge is 2.29. The first-order chi connectivity index (χ1) is 11.2. The van der Waals surface area contributed by atoms with Gasteiger partial charge in [0, 0.05) is 19.1 Å². The number of ether oxygens (including phenoxy) is 1. The lowest BCUT2D eigenvalue weighted by Gasteiger charge is -2.32. The minimum absolute atomic E-state index is 0.212. The summed E-state index contributed by atoms with van der Waals surface area (Å²) in [6.45, 7) is 2.46. The number of nitrogens with zero attached hydrogens (tertiary/aromatic N) is 1. The Kier molecular flexibility index (Phi) is 6.32. The summed E-state index contributed by atoms with van der Waals surface area (Å²) in [7, 11) is -7.25. The summed E-state index contributed by atoms with van der Waals surface area (Å²) in [5.74, 6) is -1.10. The van der Waals surface area contributed by atoms with Gasteiger partial charge < -0.3 is 4.74 Å². The quantitative estimate of drug-likeness (QED) is 0.734. The molecule has 0 bridgehead atoms. The van der Waals surface area contributed by atoms with E-state index in [0.717, 1.165) is 0 Å². The van der Waals surface area contributed by atoms with Crippen LogP contribution in [0.5, 0.6) is 0 Å². The molecule has 1 aromatic rings. The third-order valence-corrected chi connectivity index (χ3v) is 6.95. The molecule has 0 saturated carbocycles. The molecule has 1 heterocycles. The average molecular weight is 380 g/mol. The van der Waals surface area contributed by atoms with Gasteiger partial charge in [0.25, 0.3) is 0 Å². The van der Waals surface area contributed by atoms with Crippen molar-refractivity contribution in [1.29, 1.82) is 0 Å². The Balaban J connectivity index is 1.88. The number of hydrogen-bond donors (Lipinski definition) is 1. The molecule has 7 nitrogen and oxygen atoms in total. The van der Waals surface area contributed by atoms with Crippen LogP contribution in [0.3, 0.4) is 0 Å². The van der Waals surface area contributed by atoms with Crippen molar-refractivity contribution in [3.63, 3.8) is 0 Å². The smallest absolute Gasteiger partial charge is 0.215 e. The van der Waals surface area contributed by atoms with E-state index in [4.69, 9.17) is 4.74 Å². The van der Waals surface area contributed by atoms with E-state index in [1.165, 1.54) is 28.6 Å². The largest absolute Gasteiger partial charge is 0.378 e. The molecule has 0 aromatic heterocycles. The van der Waals surface area contributed by atoms with Crippen molar-refractivity contribution in [2.45, 2.75) is 18.7 Å². The van der Waals surface area contributed by atoms with Crippen LogP contribution in [-0.2, 0) is 30.5 Å². The van der Waals surface area contributed by atoms with Gasteiger partial charge >= 0.3 is 0 Å². The maximum atomic E-state index is 12.8. The minimum atomic E-state index is -3.69. The molecular weight excluding hydrogens is 359 g/mol. The van der Waals surface area contributed by atoms with Gasteiger partial charge in [0.2, 0.25) is 20.0 Å². The van der Waals surface area contributed by atoms with Crippen molar-refractivity contribution in [3.8, 4) is 0 Å². The van der Waals surface area contributed by atoms with Gasteiger partial charge in [-0.2, -0.15) is 4.31 Å². The summed E-state index contributed by atoms with van der Waals surface area (Å²) in [4.78, 5) is 0. The first-order valence-corrected chi connectivity index (χ1v) is 10.7. The topological polar surface area (TPSA) is 92.8 Å². The standard InChI is InChI=1S/C14H21FN2O5S2/c1-12-10-22-8-7-17(12)24(20,21)9-6-16-23(18,19)11-13-2-4-14(15)5-3-13/h2-5,12,16H,6-11H2,1H3. The summed E-state index contributed by atoms with van der Waals surface area (Å²) in [5, 5.41) is 0. The zero-order valence-electron chi connectivity index (χ0n) is 13.3. The predicted octanol–water partition coefficient (Wildman–Crippen LogP) is 0.296. The van der Waals surface area contributed by atoms with Crippen molar-refractivity contribution >= 4 is 20.0 Å². The molecule has 1 N–H and O–H groups in total. The number of morpholine rings is 1. The SMILES string of the molecule is CC1COCCN1S(=O)(=O)CCNS(=O)(=O)Cc1ccc(F)cc1. The molecule has 0 amide bonds. The number of nitrogens with one attached hydrogen (secondary N) is 1. The fraction of sp³-hybridized carbons (Fsp3) is 0.571. The molecule has 1 fully saturated rings. The molecule has 0 radical (unpaired) electrons. The Morgan fingerprint density at radius 1 is 1.25 bits per heavy atom. The van der Waals surface area contributed by atoms with E-state index >= 15 is 0 Å². The number of rotatable bonds is 7. The second-order valence-corrected chi connectivity index (χ2v) is 9.48. The molecule has 10 heteroatoms. The normalized spacial score (nSPS) is 20.2. The van der Waals surface area contributed by atoms with Gasteiger partial charge in [0.15, 0.2) is 0 Å². The predicted molar refractivity (Wildman–Crippen MR) is 87.8 cm³/mol. The third kappa shape index (κ3) is 5.49. The van der Waals surface area contributed by atoms with Crippen LogP contribution in [0, 0.1) is 5.82 Å². The van der Waals surface area contributed by atoms with Crippen LogP contribution >= 0.6 is 0 Å². The van der Waals surface area contributed by atoms with Gasteiger partial charge in [0.05, 0.1) is 24.7 Å². The van der Waals surface area contributed by atoms with Gasteiger partial charge in [-0.1, -0.05) is 12.1 Å². The molecule has 0 aliphatic carbocycles. The lowest BCUT2D eigenvalue weighted by Crippen LogP contribution is -2.49. The van der Waals surface area contributed by atoms with Crippen molar-refractivity contribution in [1.82, 2.24) is 9.03 Å². The zero-order chi connectivity index (χ0) is 17.8. The molecule has 0 spiro atoms. The van der Waals surface area contributed by atoms with Gasteiger partial charge in [0.1, 0.15) is 5.82 Å². The Morgan fingerprint density at radius 3 is 2.54 bits per heavy atom. The molecule has 1 saturated heterocycles. The van der Waals surface area contributed by atoms with Gasteiger partial charge in [-0.15, -0.1) is 0 Å². The molecule has 136 valence electrons. The van der Waals surface area contributed by atoms with Crippen LogP contribution in [0.1, 0.15) is 12.5 Å². The molecule has 24 heavy (non-hydrogen) atoms. The second kappa shape index (κ2) is 7.87. The maximum Gasteiger partial charge on any atom is 0.215 e. The summed E-state index contributed by atoms with van der Waals surface area (Å²) in [6, 6.07) is 4.84. The Morgan fingerprint density at radius 2 is 1.92 bits per heavy atom. The fourth-order valence-electron chi connectivity index (χ4n) is 2.42. The Labute approximate surface area is 141 Å². The van der Waals surface area contributed by atoms with Crippen LogP contribution in [0.2, 0.25) is 0 Å². The van der Waals surface area contributed by atoms with Crippen LogP contribution in [0.15, 0.2) is 24.3 Å². The van der Waals surface area contributed by atoms with Crippen LogP contribution < -0.4 is 4.72 Å². The highest BCUT2D eigenvalue weighted by Crippen LogP contribution is 2.12. The number of halogens is 1. The van der Waals surface area contributed by atoms with E-state index in [1.807, 2.05) is 0 Å². The lowest BCUT2D eigenvalue weighted by molar-refractivity contribution is 0.0393. The van der Waals surface area contributed by atoms with Gasteiger partial charge in [-0.05, 0) is 24.6 Å². The van der Waals surface area contributed by atoms with Crippen molar-refractivity contribution < 1.29 is 26.0 Å². The van der Waals surface area contributed by atoms with Crippen molar-refractivity contribution in [2.24, 2.45) is 0 Å². The molecule has 1 atom stereocenters. The minimum Gasteiger partial charge on any atom is -0.378 e. The first-order valence-electron chi connectivity index (χ1n) is 7.49. The van der Waals surface area contributed by atoms with Crippen LogP contribution in [0.25, 0.3) is 0 Å². The van der Waals surface area contributed by atoms with Crippen molar-refractivity contribution in [2.75, 3.05) is 32.1 Å². The second-order valence-electron chi connectivity index (χ2n) is 5.63. The van der Waals surface area contributed by atoms with E-state index < -0.39 is 25.9 Å². The highest BCUT2D eigenvalue weighted by atomic mass is 32.2. The molecule has 1 aromatic carbocycles. The summed E-state index contributed by atoms with van der Waals surface area (Å²) in [5.41, 5.74) is 0.425. The van der Waals surface area contributed by atoms with Crippen molar-refractivity contribution in [3.05, 3.63) is 35.6 Å². The van der Waals surface area contributed by atoms with Crippen LogP contribution in [0.4, 0.5) is 4.39 Å². The summed E-state index contributed by atoms with van der Waals surface area (Å²) in [6.07, 6.45) is 0. The maximum absolute atomic E-state index is 12.8. The average Bonchev–Trinajstić information content (AvgIpc) is 2.49. The molecule has 1 aliphatic rings. The first kappa shape index (κ1) is 19.3. The summed E-state index contributed by atoms with van der Waals surface area (Å²) < 4.78 is 70.1. The molecule has 1 unspecified atom stereocenters. The van der Waals surface area contributed by atoms with Gasteiger partial charge in [-0.25, -0.2) is 25.9 Å². The number of benzene rings is 1. The third-order valence-electron chi connectivity index (χ3n) is 3.62. The lowest BCUT2D eigenvalue weighted by atomic mass is 10.2. The number of sulfonamides is 2.